The van der Waals surface area contributed by atoms with Gasteiger partial charge in [-0.25, -0.2) is 15.3 Å². The molecule has 4 rings (SSSR count). The number of nitrogens with zero attached hydrogens (tertiary/aromatic N) is 1. The van der Waals surface area contributed by atoms with Crippen molar-refractivity contribution in [2.24, 2.45) is 16.8 Å². The predicted molar refractivity (Wildman–Crippen MR) is 116 cm³/mol. The van der Waals surface area contributed by atoms with Crippen LogP contribution in [0.1, 0.15) is 55.2 Å². The molecule has 30 heavy (non-hydrogen) atoms. The Balaban J connectivity index is 1.31. The van der Waals surface area contributed by atoms with Crippen LogP contribution in [0.15, 0.2) is 53.5 Å². The van der Waals surface area contributed by atoms with E-state index in [0.29, 0.717) is 24.8 Å². The number of carboxylic acid groups (broad SMARTS) is 1. The van der Waals surface area contributed by atoms with Crippen LogP contribution in [0.2, 0.25) is 0 Å². The Kier molecular flexibility index (Phi) is 6.16. The van der Waals surface area contributed by atoms with Crippen LogP contribution in [-0.4, -0.2) is 23.0 Å². The van der Waals surface area contributed by atoms with Gasteiger partial charge < -0.3 is 10.4 Å². The first-order valence-electron chi connectivity index (χ1n) is 10.6. The minimum atomic E-state index is -0.686. The minimum absolute atomic E-state index is 0.185. The van der Waals surface area contributed by atoms with Crippen LogP contribution in [0.5, 0.6) is 0 Å². The maximum absolute atomic E-state index is 10.9. The molecular weight excluding hydrogens is 378 g/mol. The number of hydrogen-bond acceptors (Lipinski definition) is 5. The molecule has 2 aromatic rings. The van der Waals surface area contributed by atoms with Gasteiger partial charge in [-0.05, 0) is 36.3 Å². The summed E-state index contributed by atoms with van der Waals surface area (Å²) in [6.45, 7) is 5.18. The summed E-state index contributed by atoms with van der Waals surface area (Å²) in [6.07, 6.45) is 2.16. The normalized spacial score (nSPS) is 23.0. The lowest BCUT2D eigenvalue weighted by Crippen LogP contribution is -2.43. The summed E-state index contributed by atoms with van der Waals surface area (Å²) in [4.78, 5) is 21.2. The van der Waals surface area contributed by atoms with Crippen molar-refractivity contribution in [3.63, 3.8) is 0 Å². The topological polar surface area (TPSA) is 83.0 Å². The van der Waals surface area contributed by atoms with Crippen LogP contribution in [-0.2, 0) is 22.6 Å². The van der Waals surface area contributed by atoms with Crippen LogP contribution in [0.4, 0.5) is 0 Å². The fourth-order valence-corrected chi connectivity index (χ4v) is 3.88. The molecule has 0 spiro atoms. The number of hydrogen-bond donors (Lipinski definition) is 3. The van der Waals surface area contributed by atoms with E-state index in [-0.39, 0.29) is 12.1 Å². The standard InChI is InChI=1S/C24H29N3O3/c1-15(2)11-16-3-9-19(10-4-16)23-26-22(27-30-23)18-7-5-17(6-8-18)14-25-21-12-20(13-21)24(28)29/h3-10,15,20-21,23,25H,11-14H2,1-2H3,(H,26,27)(H,28,29). The molecule has 1 aliphatic carbocycles. The lowest BCUT2D eigenvalue weighted by Gasteiger charge is -2.33. The number of benzene rings is 2. The predicted octanol–water partition coefficient (Wildman–Crippen LogP) is 3.82. The molecular formula is C24H29N3O3. The van der Waals surface area contributed by atoms with Gasteiger partial charge in [0, 0.05) is 23.7 Å². The maximum atomic E-state index is 10.9. The average Bonchev–Trinajstić information content (AvgIpc) is 3.17. The largest absolute Gasteiger partial charge is 0.481 e. The highest BCUT2D eigenvalue weighted by atomic mass is 16.7. The van der Waals surface area contributed by atoms with Crippen molar-refractivity contribution in [2.75, 3.05) is 0 Å². The molecule has 1 unspecified atom stereocenters. The highest BCUT2D eigenvalue weighted by Gasteiger charge is 2.33. The summed E-state index contributed by atoms with van der Waals surface area (Å²) < 4.78 is 0. The smallest absolute Gasteiger partial charge is 0.306 e. The van der Waals surface area contributed by atoms with Crippen molar-refractivity contribution in [1.82, 2.24) is 10.8 Å². The average molecular weight is 408 g/mol. The van der Waals surface area contributed by atoms with E-state index in [4.69, 9.17) is 9.94 Å². The second-order valence-corrected chi connectivity index (χ2v) is 8.67. The number of carbonyl (C=O) groups is 1. The number of aliphatic imine (C=N–C) groups is 1. The second-order valence-electron chi connectivity index (χ2n) is 8.67. The van der Waals surface area contributed by atoms with Crippen molar-refractivity contribution >= 4 is 11.8 Å². The number of hydroxylamine groups is 1. The zero-order valence-corrected chi connectivity index (χ0v) is 17.5. The molecule has 2 aliphatic rings. The first kappa shape index (κ1) is 20.6. The van der Waals surface area contributed by atoms with Crippen LogP contribution in [0, 0.1) is 11.8 Å². The van der Waals surface area contributed by atoms with Crippen molar-refractivity contribution in [1.29, 1.82) is 0 Å². The number of nitrogens with one attached hydrogen (secondary N) is 2. The number of carboxylic acids is 1. The van der Waals surface area contributed by atoms with E-state index in [1.165, 1.54) is 5.56 Å². The molecule has 158 valence electrons. The van der Waals surface area contributed by atoms with Gasteiger partial charge in [0.2, 0.25) is 6.23 Å². The Labute approximate surface area is 177 Å². The molecule has 1 aliphatic heterocycles. The highest BCUT2D eigenvalue weighted by molar-refractivity contribution is 5.98. The maximum Gasteiger partial charge on any atom is 0.306 e. The second kappa shape index (κ2) is 8.98. The molecule has 0 saturated heterocycles. The third-order valence-electron chi connectivity index (χ3n) is 5.73. The lowest BCUT2D eigenvalue weighted by molar-refractivity contribution is -0.145. The molecule has 1 saturated carbocycles. The van der Waals surface area contributed by atoms with Gasteiger partial charge in [0.15, 0.2) is 5.84 Å². The SMILES string of the molecule is CC(C)Cc1ccc(C2N=C(c3ccc(CNC4CC(C(=O)O)C4)cc3)NO2)cc1. The summed E-state index contributed by atoms with van der Waals surface area (Å²) in [6, 6.07) is 16.9. The zero-order valence-electron chi connectivity index (χ0n) is 17.5. The van der Waals surface area contributed by atoms with Crippen molar-refractivity contribution in [3.8, 4) is 0 Å². The zero-order chi connectivity index (χ0) is 21.1. The monoisotopic (exact) mass is 407 g/mol. The molecule has 2 aromatic carbocycles. The van der Waals surface area contributed by atoms with E-state index in [2.05, 4.69) is 66.0 Å². The molecule has 0 bridgehead atoms. The van der Waals surface area contributed by atoms with Crippen LogP contribution < -0.4 is 10.8 Å². The van der Waals surface area contributed by atoms with Gasteiger partial charge >= 0.3 is 5.97 Å². The number of amidine groups is 1. The van der Waals surface area contributed by atoms with Crippen molar-refractivity contribution in [2.45, 2.75) is 51.9 Å². The van der Waals surface area contributed by atoms with Gasteiger partial charge in [0.25, 0.3) is 0 Å². The molecule has 1 heterocycles. The lowest BCUT2D eigenvalue weighted by atomic mass is 9.80. The highest BCUT2D eigenvalue weighted by Crippen LogP contribution is 2.28. The van der Waals surface area contributed by atoms with Gasteiger partial charge in [-0.15, -0.1) is 0 Å². The van der Waals surface area contributed by atoms with E-state index < -0.39 is 5.97 Å². The molecule has 6 heteroatoms. The van der Waals surface area contributed by atoms with Crippen LogP contribution in [0.25, 0.3) is 0 Å². The molecule has 0 amide bonds. The van der Waals surface area contributed by atoms with Crippen LogP contribution >= 0.6 is 0 Å². The van der Waals surface area contributed by atoms with E-state index in [1.54, 1.807) is 0 Å². The number of aliphatic carboxylic acids is 1. The first-order chi connectivity index (χ1) is 14.5. The summed E-state index contributed by atoms with van der Waals surface area (Å²) in [7, 11) is 0. The summed E-state index contributed by atoms with van der Waals surface area (Å²) >= 11 is 0. The fourth-order valence-electron chi connectivity index (χ4n) is 3.88. The summed E-state index contributed by atoms with van der Waals surface area (Å²) in [5.74, 6) is 0.498. The van der Waals surface area contributed by atoms with Gasteiger partial charge in [0.1, 0.15) is 0 Å². The quantitative estimate of drug-likeness (QED) is 0.620. The van der Waals surface area contributed by atoms with Crippen molar-refractivity contribution in [3.05, 3.63) is 70.8 Å². The van der Waals surface area contributed by atoms with E-state index in [0.717, 1.165) is 35.5 Å². The van der Waals surface area contributed by atoms with Crippen LogP contribution in [0.3, 0.4) is 0 Å². The van der Waals surface area contributed by atoms with Gasteiger partial charge in [-0.3, -0.25) is 4.79 Å². The Bertz CT molecular complexity index is 900. The Morgan fingerprint density at radius 2 is 1.80 bits per heavy atom. The molecule has 3 N–H and O–H groups in total. The molecule has 1 atom stereocenters. The minimum Gasteiger partial charge on any atom is -0.481 e. The molecule has 6 nitrogen and oxygen atoms in total. The Morgan fingerprint density at radius 1 is 1.13 bits per heavy atom. The first-order valence-corrected chi connectivity index (χ1v) is 10.6. The third kappa shape index (κ3) is 4.89. The molecule has 1 fully saturated rings. The fraction of sp³-hybridized carbons (Fsp3) is 0.417. The van der Waals surface area contributed by atoms with E-state index >= 15 is 0 Å². The third-order valence-corrected chi connectivity index (χ3v) is 5.73. The number of rotatable bonds is 8. The summed E-state index contributed by atoms with van der Waals surface area (Å²) in [5.41, 5.74) is 7.45. The van der Waals surface area contributed by atoms with Crippen molar-refractivity contribution < 1.29 is 14.7 Å². The van der Waals surface area contributed by atoms with Gasteiger partial charge in [-0.1, -0.05) is 62.4 Å². The van der Waals surface area contributed by atoms with Gasteiger partial charge in [0.05, 0.1) is 5.92 Å². The van der Waals surface area contributed by atoms with E-state index in [1.807, 2.05) is 12.1 Å². The summed E-state index contributed by atoms with van der Waals surface area (Å²) in [5, 5.41) is 12.4. The van der Waals surface area contributed by atoms with Gasteiger partial charge in [-0.2, -0.15) is 0 Å². The molecule has 0 radical (unpaired) electrons. The van der Waals surface area contributed by atoms with E-state index in [9.17, 15) is 4.79 Å². The Morgan fingerprint density at radius 3 is 2.43 bits per heavy atom. The Hall–Kier alpha value is -2.70. The molecule has 0 aromatic heterocycles.